The molecule has 7 heteroatoms. The molecule has 0 aliphatic rings. The standard InChI is InChI=1S/C13H15ClN4O2/c1-18-12(15)8(7-17-18)6-16-13(19)10-4-3-9(14)5-11(10)20-2/h3-5,7H,6,15H2,1-2H3,(H,16,19). The molecule has 1 amide bonds. The van der Waals surface area contributed by atoms with Crippen LogP contribution in [-0.4, -0.2) is 22.8 Å². The van der Waals surface area contributed by atoms with E-state index >= 15 is 0 Å². The Morgan fingerprint density at radius 1 is 1.55 bits per heavy atom. The number of nitrogens with two attached hydrogens (primary N) is 1. The van der Waals surface area contributed by atoms with Gasteiger partial charge in [-0.25, -0.2) is 0 Å². The summed E-state index contributed by atoms with van der Waals surface area (Å²) in [6.07, 6.45) is 1.62. The van der Waals surface area contributed by atoms with Gasteiger partial charge in [-0.1, -0.05) is 11.6 Å². The molecule has 0 bridgehead atoms. The minimum Gasteiger partial charge on any atom is -0.496 e. The SMILES string of the molecule is COc1cc(Cl)ccc1C(=O)NCc1cnn(C)c1N. The molecular weight excluding hydrogens is 280 g/mol. The van der Waals surface area contributed by atoms with Gasteiger partial charge in [-0.2, -0.15) is 5.10 Å². The summed E-state index contributed by atoms with van der Waals surface area (Å²) in [5.41, 5.74) is 6.98. The molecule has 0 atom stereocenters. The third kappa shape index (κ3) is 2.85. The molecule has 1 aromatic carbocycles. The molecular formula is C13H15ClN4O2. The third-order valence-corrected chi connectivity index (χ3v) is 3.15. The number of benzene rings is 1. The van der Waals surface area contributed by atoms with Crippen LogP contribution < -0.4 is 15.8 Å². The van der Waals surface area contributed by atoms with Gasteiger partial charge in [0.2, 0.25) is 0 Å². The summed E-state index contributed by atoms with van der Waals surface area (Å²) < 4.78 is 6.69. The van der Waals surface area contributed by atoms with Gasteiger partial charge in [0, 0.05) is 24.2 Å². The van der Waals surface area contributed by atoms with E-state index in [0.717, 1.165) is 5.56 Å². The number of amides is 1. The molecule has 0 saturated heterocycles. The zero-order valence-corrected chi connectivity index (χ0v) is 11.9. The zero-order chi connectivity index (χ0) is 14.7. The lowest BCUT2D eigenvalue weighted by Gasteiger charge is -2.09. The zero-order valence-electron chi connectivity index (χ0n) is 11.2. The monoisotopic (exact) mass is 294 g/mol. The highest BCUT2D eigenvalue weighted by molar-refractivity contribution is 6.30. The predicted octanol–water partition coefficient (Wildman–Crippen LogP) is 1.59. The average Bonchev–Trinajstić information content (AvgIpc) is 2.76. The number of nitrogens with one attached hydrogen (secondary N) is 1. The number of nitrogen functional groups attached to an aromatic ring is 1. The number of methoxy groups -OCH3 is 1. The van der Waals surface area contributed by atoms with Gasteiger partial charge < -0.3 is 15.8 Å². The van der Waals surface area contributed by atoms with Gasteiger partial charge in [0.05, 0.1) is 18.9 Å². The molecule has 0 aliphatic heterocycles. The minimum absolute atomic E-state index is 0.262. The Morgan fingerprint density at radius 3 is 2.90 bits per heavy atom. The van der Waals surface area contributed by atoms with Crippen LogP contribution in [0.5, 0.6) is 5.75 Å². The lowest BCUT2D eigenvalue weighted by atomic mass is 10.2. The first-order valence-corrected chi connectivity index (χ1v) is 6.28. The maximum Gasteiger partial charge on any atom is 0.255 e. The van der Waals surface area contributed by atoms with Crippen molar-refractivity contribution in [2.24, 2.45) is 7.05 Å². The Bertz CT molecular complexity index is 639. The average molecular weight is 295 g/mol. The highest BCUT2D eigenvalue weighted by Gasteiger charge is 2.13. The van der Waals surface area contributed by atoms with Crippen LogP contribution in [0.15, 0.2) is 24.4 Å². The summed E-state index contributed by atoms with van der Waals surface area (Å²) >= 11 is 5.86. The summed E-state index contributed by atoms with van der Waals surface area (Å²) in [6.45, 7) is 0.296. The molecule has 3 N–H and O–H groups in total. The first-order valence-electron chi connectivity index (χ1n) is 5.91. The fourth-order valence-corrected chi connectivity index (χ4v) is 1.91. The third-order valence-electron chi connectivity index (χ3n) is 2.91. The largest absolute Gasteiger partial charge is 0.496 e. The summed E-state index contributed by atoms with van der Waals surface area (Å²) in [5, 5.41) is 7.29. The topological polar surface area (TPSA) is 82.2 Å². The quantitative estimate of drug-likeness (QED) is 0.897. The van der Waals surface area contributed by atoms with E-state index in [9.17, 15) is 4.79 Å². The van der Waals surface area contributed by atoms with Crippen molar-refractivity contribution in [3.8, 4) is 5.75 Å². The van der Waals surface area contributed by atoms with Crippen LogP contribution in [0.2, 0.25) is 5.02 Å². The van der Waals surface area contributed by atoms with Gasteiger partial charge in [0.25, 0.3) is 5.91 Å². The number of anilines is 1. The van der Waals surface area contributed by atoms with Crippen molar-refractivity contribution in [1.29, 1.82) is 0 Å². The van der Waals surface area contributed by atoms with Crippen molar-refractivity contribution in [2.45, 2.75) is 6.54 Å². The van der Waals surface area contributed by atoms with Crippen LogP contribution in [0.3, 0.4) is 0 Å². The number of halogens is 1. The van der Waals surface area contributed by atoms with Gasteiger partial charge >= 0.3 is 0 Å². The molecule has 106 valence electrons. The van der Waals surface area contributed by atoms with E-state index in [1.807, 2.05) is 0 Å². The Hall–Kier alpha value is -2.21. The highest BCUT2D eigenvalue weighted by Crippen LogP contribution is 2.23. The number of aromatic nitrogens is 2. The van der Waals surface area contributed by atoms with Crippen molar-refractivity contribution >= 4 is 23.3 Å². The number of carbonyl (C=O) groups is 1. The molecule has 20 heavy (non-hydrogen) atoms. The summed E-state index contributed by atoms with van der Waals surface area (Å²) in [4.78, 5) is 12.1. The normalized spacial score (nSPS) is 10.3. The van der Waals surface area contributed by atoms with Crippen molar-refractivity contribution in [1.82, 2.24) is 15.1 Å². The number of ether oxygens (including phenoxy) is 1. The molecule has 2 aromatic rings. The van der Waals surface area contributed by atoms with Crippen LogP contribution in [0, 0.1) is 0 Å². The molecule has 1 aromatic heterocycles. The lowest BCUT2D eigenvalue weighted by molar-refractivity contribution is 0.0948. The molecule has 0 aliphatic carbocycles. The number of aryl methyl sites for hydroxylation is 1. The Morgan fingerprint density at radius 2 is 2.30 bits per heavy atom. The fraction of sp³-hybridized carbons (Fsp3) is 0.231. The molecule has 6 nitrogen and oxygen atoms in total. The van der Waals surface area contributed by atoms with E-state index in [1.165, 1.54) is 7.11 Å². The van der Waals surface area contributed by atoms with Gasteiger partial charge in [0.15, 0.2) is 0 Å². The molecule has 0 saturated carbocycles. The van der Waals surface area contributed by atoms with E-state index in [1.54, 1.807) is 36.1 Å². The summed E-state index contributed by atoms with van der Waals surface area (Å²) in [7, 11) is 3.23. The predicted molar refractivity (Wildman–Crippen MR) is 76.8 cm³/mol. The van der Waals surface area contributed by atoms with E-state index in [4.69, 9.17) is 22.1 Å². The second kappa shape index (κ2) is 5.83. The Kier molecular flexibility index (Phi) is 4.14. The first kappa shape index (κ1) is 14.2. The van der Waals surface area contributed by atoms with Crippen molar-refractivity contribution < 1.29 is 9.53 Å². The van der Waals surface area contributed by atoms with Crippen molar-refractivity contribution in [3.63, 3.8) is 0 Å². The van der Waals surface area contributed by atoms with Gasteiger partial charge in [-0.3, -0.25) is 9.48 Å². The maximum absolute atomic E-state index is 12.1. The second-order valence-electron chi connectivity index (χ2n) is 4.21. The summed E-state index contributed by atoms with van der Waals surface area (Å²) in [6, 6.07) is 4.84. The van der Waals surface area contributed by atoms with Crippen molar-refractivity contribution in [2.75, 3.05) is 12.8 Å². The maximum atomic E-state index is 12.1. The molecule has 1 heterocycles. The van der Waals surface area contributed by atoms with Crippen LogP contribution in [0.4, 0.5) is 5.82 Å². The van der Waals surface area contributed by atoms with E-state index in [2.05, 4.69) is 10.4 Å². The van der Waals surface area contributed by atoms with Crippen LogP contribution in [-0.2, 0) is 13.6 Å². The molecule has 0 unspecified atom stereocenters. The first-order chi connectivity index (χ1) is 9.52. The second-order valence-corrected chi connectivity index (χ2v) is 4.64. The number of carbonyl (C=O) groups excluding carboxylic acids is 1. The number of hydrogen-bond acceptors (Lipinski definition) is 4. The number of hydrogen-bond donors (Lipinski definition) is 2. The summed E-state index contributed by atoms with van der Waals surface area (Å²) in [5.74, 6) is 0.685. The van der Waals surface area contributed by atoms with Gasteiger partial charge in [-0.05, 0) is 18.2 Å². The fourth-order valence-electron chi connectivity index (χ4n) is 1.75. The molecule has 0 fully saturated rings. The van der Waals surface area contributed by atoms with E-state index in [0.29, 0.717) is 28.7 Å². The number of nitrogens with zero attached hydrogens (tertiary/aromatic N) is 2. The molecule has 2 rings (SSSR count). The van der Waals surface area contributed by atoms with Crippen LogP contribution in [0.1, 0.15) is 15.9 Å². The van der Waals surface area contributed by atoms with Crippen LogP contribution in [0.25, 0.3) is 0 Å². The smallest absolute Gasteiger partial charge is 0.255 e. The highest BCUT2D eigenvalue weighted by atomic mass is 35.5. The van der Waals surface area contributed by atoms with Gasteiger partial charge in [-0.15, -0.1) is 0 Å². The molecule has 0 radical (unpaired) electrons. The van der Waals surface area contributed by atoms with E-state index < -0.39 is 0 Å². The molecule has 0 spiro atoms. The number of rotatable bonds is 4. The minimum atomic E-state index is -0.262. The van der Waals surface area contributed by atoms with Crippen molar-refractivity contribution in [3.05, 3.63) is 40.5 Å². The van der Waals surface area contributed by atoms with E-state index in [-0.39, 0.29) is 5.91 Å². The Balaban J connectivity index is 2.11. The van der Waals surface area contributed by atoms with Gasteiger partial charge in [0.1, 0.15) is 11.6 Å². The Labute approximate surface area is 121 Å². The van der Waals surface area contributed by atoms with Crippen LogP contribution >= 0.6 is 11.6 Å². The lowest BCUT2D eigenvalue weighted by Crippen LogP contribution is -2.23.